The number of benzene rings is 2. The normalized spacial score (nSPS) is 12.4. The Bertz CT molecular complexity index is 720. The lowest BCUT2D eigenvalue weighted by Gasteiger charge is -2.19. The summed E-state index contributed by atoms with van der Waals surface area (Å²) in [4.78, 5) is 12.1. The lowest BCUT2D eigenvalue weighted by atomic mass is 10.1. The summed E-state index contributed by atoms with van der Waals surface area (Å²) in [7, 11) is 1.25. The Morgan fingerprint density at radius 3 is 2.36 bits per heavy atom. The van der Waals surface area contributed by atoms with Crippen LogP contribution in [0.2, 0.25) is 5.02 Å². The minimum atomic E-state index is -4.41. The van der Waals surface area contributed by atoms with Crippen molar-refractivity contribution in [1.82, 2.24) is 0 Å². The molecule has 0 saturated heterocycles. The Hall–Kier alpha value is -2.41. The third-order valence-corrected chi connectivity index (χ3v) is 3.57. The van der Waals surface area contributed by atoms with E-state index in [9.17, 15) is 18.0 Å². The van der Waals surface area contributed by atoms with Gasteiger partial charge in [-0.15, -0.1) is 0 Å². The van der Waals surface area contributed by atoms with Gasteiger partial charge in [-0.1, -0.05) is 29.8 Å². The lowest BCUT2D eigenvalue weighted by Crippen LogP contribution is -2.22. The smallest absolute Gasteiger partial charge is 0.422 e. The lowest BCUT2D eigenvalue weighted by molar-refractivity contribution is -0.153. The fourth-order valence-corrected chi connectivity index (χ4v) is 2.31. The van der Waals surface area contributed by atoms with Crippen molar-refractivity contribution < 1.29 is 27.4 Å². The number of methoxy groups -OCH3 is 1. The summed E-state index contributed by atoms with van der Waals surface area (Å²) in [5.74, 6) is -0.485. The summed E-state index contributed by atoms with van der Waals surface area (Å²) >= 11 is 6.12. The van der Waals surface area contributed by atoms with E-state index < -0.39 is 24.8 Å². The van der Waals surface area contributed by atoms with E-state index in [0.29, 0.717) is 16.3 Å². The highest BCUT2D eigenvalue weighted by atomic mass is 35.5. The number of anilines is 1. The summed E-state index contributed by atoms with van der Waals surface area (Å²) in [5, 5.41) is 3.33. The van der Waals surface area contributed by atoms with Gasteiger partial charge in [-0.3, -0.25) is 0 Å². The molecule has 0 fully saturated rings. The molecular weight excluding hydrogens is 359 g/mol. The van der Waals surface area contributed by atoms with Crippen LogP contribution < -0.4 is 10.1 Å². The first kappa shape index (κ1) is 18.9. The number of carbonyl (C=O) groups is 1. The highest BCUT2D eigenvalue weighted by Gasteiger charge is 2.28. The number of carbonyl (C=O) groups excluding carboxylic acids is 1. The molecule has 0 spiro atoms. The second kappa shape index (κ2) is 8.11. The van der Waals surface area contributed by atoms with Crippen molar-refractivity contribution in [2.75, 3.05) is 19.0 Å². The van der Waals surface area contributed by atoms with Crippen molar-refractivity contribution in [1.29, 1.82) is 0 Å². The van der Waals surface area contributed by atoms with Gasteiger partial charge in [-0.2, -0.15) is 13.2 Å². The first-order chi connectivity index (χ1) is 11.8. The van der Waals surface area contributed by atoms with Gasteiger partial charge in [0, 0.05) is 16.3 Å². The first-order valence-electron chi connectivity index (χ1n) is 7.18. The molecule has 2 rings (SSSR count). The molecule has 25 heavy (non-hydrogen) atoms. The average molecular weight is 374 g/mol. The molecule has 8 heteroatoms. The molecule has 0 aromatic heterocycles. The van der Waals surface area contributed by atoms with Crippen LogP contribution in [-0.2, 0) is 9.53 Å². The maximum Gasteiger partial charge on any atom is 0.422 e. The van der Waals surface area contributed by atoms with Gasteiger partial charge in [0.2, 0.25) is 0 Å². The van der Waals surface area contributed by atoms with Crippen LogP contribution >= 0.6 is 11.6 Å². The number of halogens is 4. The topological polar surface area (TPSA) is 47.6 Å². The summed E-state index contributed by atoms with van der Waals surface area (Å²) in [6, 6.07) is 11.7. The second-order valence-corrected chi connectivity index (χ2v) is 5.46. The first-order valence-corrected chi connectivity index (χ1v) is 7.56. The molecule has 2 aromatic rings. The van der Waals surface area contributed by atoms with Gasteiger partial charge in [0.1, 0.15) is 5.75 Å². The van der Waals surface area contributed by atoms with Crippen LogP contribution in [0.15, 0.2) is 48.5 Å². The van der Waals surface area contributed by atoms with Gasteiger partial charge < -0.3 is 14.8 Å². The highest BCUT2D eigenvalue weighted by Crippen LogP contribution is 2.28. The monoisotopic (exact) mass is 373 g/mol. The minimum Gasteiger partial charge on any atom is -0.484 e. The highest BCUT2D eigenvalue weighted by molar-refractivity contribution is 6.31. The van der Waals surface area contributed by atoms with Crippen LogP contribution in [0.5, 0.6) is 5.75 Å². The third-order valence-electron chi connectivity index (χ3n) is 3.22. The molecule has 4 nitrogen and oxygen atoms in total. The molecule has 134 valence electrons. The number of alkyl halides is 3. The quantitative estimate of drug-likeness (QED) is 0.751. The molecule has 1 unspecified atom stereocenters. The number of rotatable bonds is 6. The number of hydrogen-bond donors (Lipinski definition) is 1. The van der Waals surface area contributed by atoms with Crippen LogP contribution in [0.3, 0.4) is 0 Å². The van der Waals surface area contributed by atoms with Crippen molar-refractivity contribution >= 4 is 23.3 Å². The van der Waals surface area contributed by atoms with Crippen LogP contribution in [-0.4, -0.2) is 25.9 Å². The van der Waals surface area contributed by atoms with Gasteiger partial charge in [0.05, 0.1) is 7.11 Å². The van der Waals surface area contributed by atoms with Crippen LogP contribution in [0.4, 0.5) is 18.9 Å². The summed E-state index contributed by atoms with van der Waals surface area (Å²) in [6.45, 7) is -1.37. The SMILES string of the molecule is COC(=O)C(Nc1ccc(OCC(F)(F)F)cc1)c1ccccc1Cl. The predicted octanol–water partition coefficient (Wildman–Crippen LogP) is 4.61. The molecule has 0 aliphatic rings. The Labute approximate surface area is 147 Å². The zero-order valence-corrected chi connectivity index (χ0v) is 13.9. The van der Waals surface area contributed by atoms with E-state index in [1.807, 2.05) is 0 Å². The van der Waals surface area contributed by atoms with E-state index in [1.54, 1.807) is 24.3 Å². The Morgan fingerprint density at radius 1 is 1.16 bits per heavy atom. The van der Waals surface area contributed by atoms with Gasteiger partial charge in [-0.25, -0.2) is 4.79 Å². The summed E-state index contributed by atoms with van der Waals surface area (Å²) in [5.41, 5.74) is 1.02. The van der Waals surface area contributed by atoms with Crippen LogP contribution in [0, 0.1) is 0 Å². The van der Waals surface area contributed by atoms with Gasteiger partial charge in [-0.05, 0) is 30.3 Å². The largest absolute Gasteiger partial charge is 0.484 e. The third kappa shape index (κ3) is 5.56. The maximum atomic E-state index is 12.1. The Morgan fingerprint density at radius 2 is 1.80 bits per heavy atom. The number of ether oxygens (including phenoxy) is 2. The molecule has 0 saturated carbocycles. The number of nitrogens with one attached hydrogen (secondary N) is 1. The molecule has 1 atom stereocenters. The van der Waals surface area contributed by atoms with Crippen molar-refractivity contribution in [3.05, 3.63) is 59.1 Å². The average Bonchev–Trinajstić information content (AvgIpc) is 2.58. The van der Waals surface area contributed by atoms with E-state index in [2.05, 4.69) is 10.1 Å². The fourth-order valence-electron chi connectivity index (χ4n) is 2.07. The molecule has 0 heterocycles. The van der Waals surface area contributed by atoms with E-state index in [-0.39, 0.29) is 5.75 Å². The van der Waals surface area contributed by atoms with Gasteiger partial charge in [0.25, 0.3) is 0 Å². The maximum absolute atomic E-state index is 12.1. The van der Waals surface area contributed by atoms with Crippen molar-refractivity contribution in [3.63, 3.8) is 0 Å². The van der Waals surface area contributed by atoms with E-state index in [1.165, 1.54) is 31.4 Å². The number of esters is 1. The minimum absolute atomic E-state index is 0.0650. The molecule has 0 bridgehead atoms. The molecule has 0 aliphatic carbocycles. The second-order valence-electron chi connectivity index (χ2n) is 5.05. The van der Waals surface area contributed by atoms with Gasteiger partial charge in [0.15, 0.2) is 12.6 Å². The van der Waals surface area contributed by atoms with Crippen molar-refractivity contribution in [2.45, 2.75) is 12.2 Å². The molecule has 0 aliphatic heterocycles. The van der Waals surface area contributed by atoms with E-state index in [4.69, 9.17) is 16.3 Å². The van der Waals surface area contributed by atoms with Crippen LogP contribution in [0.1, 0.15) is 11.6 Å². The molecular formula is C17H15ClF3NO3. The fraction of sp³-hybridized carbons (Fsp3) is 0.235. The van der Waals surface area contributed by atoms with Crippen molar-refractivity contribution in [2.24, 2.45) is 0 Å². The zero-order chi connectivity index (χ0) is 18.4. The predicted molar refractivity (Wildman–Crippen MR) is 87.8 cm³/mol. The van der Waals surface area contributed by atoms with Gasteiger partial charge >= 0.3 is 12.1 Å². The standard InChI is InChI=1S/C17H15ClF3NO3/c1-24-16(23)15(13-4-2-3-5-14(13)18)22-11-6-8-12(9-7-11)25-10-17(19,20)21/h2-9,15,22H,10H2,1H3. The molecule has 2 aromatic carbocycles. The van der Waals surface area contributed by atoms with E-state index >= 15 is 0 Å². The summed E-state index contributed by atoms with van der Waals surface area (Å²) in [6.07, 6.45) is -4.41. The summed E-state index contributed by atoms with van der Waals surface area (Å²) < 4.78 is 45.9. The van der Waals surface area contributed by atoms with Crippen molar-refractivity contribution in [3.8, 4) is 5.75 Å². The molecule has 0 amide bonds. The van der Waals surface area contributed by atoms with Crippen LogP contribution in [0.25, 0.3) is 0 Å². The zero-order valence-electron chi connectivity index (χ0n) is 13.1. The molecule has 0 radical (unpaired) electrons. The Kier molecular flexibility index (Phi) is 6.14. The van der Waals surface area contributed by atoms with E-state index in [0.717, 1.165) is 0 Å². The number of hydrogen-bond acceptors (Lipinski definition) is 4. The Balaban J connectivity index is 2.14. The molecule has 1 N–H and O–H groups in total.